The molecule has 1 saturated heterocycles. The summed E-state index contributed by atoms with van der Waals surface area (Å²) in [6, 6.07) is 8.33. The lowest BCUT2D eigenvalue weighted by molar-refractivity contribution is 0.724. The zero-order valence-electron chi connectivity index (χ0n) is 12.6. The third-order valence-corrected chi connectivity index (χ3v) is 3.75. The summed E-state index contributed by atoms with van der Waals surface area (Å²) in [7, 11) is 4.07. The molecule has 0 atom stereocenters. The quantitative estimate of drug-likeness (QED) is 0.891. The maximum absolute atomic E-state index is 4.64. The van der Waals surface area contributed by atoms with Crippen molar-refractivity contribution in [3.05, 3.63) is 24.3 Å². The number of aromatic nitrogens is 3. The number of benzene rings is 1. The van der Waals surface area contributed by atoms with Crippen LogP contribution in [-0.2, 0) is 0 Å². The maximum atomic E-state index is 4.64. The summed E-state index contributed by atoms with van der Waals surface area (Å²) < 4.78 is 0. The average Bonchev–Trinajstić information content (AvgIpc) is 2.83. The third kappa shape index (κ3) is 3.16. The minimum absolute atomic E-state index is 0.797. The van der Waals surface area contributed by atoms with Gasteiger partial charge in [0.25, 0.3) is 0 Å². The van der Waals surface area contributed by atoms with E-state index in [0.717, 1.165) is 49.9 Å². The first-order valence-corrected chi connectivity index (χ1v) is 7.40. The number of H-pyrrole nitrogens is 1. The van der Waals surface area contributed by atoms with E-state index in [2.05, 4.69) is 54.6 Å². The molecule has 1 aliphatic rings. The maximum Gasteiger partial charge on any atom is 0.245 e. The number of aromatic amines is 1. The van der Waals surface area contributed by atoms with Gasteiger partial charge in [-0.1, -0.05) is 0 Å². The molecule has 0 spiro atoms. The molecule has 2 N–H and O–H groups in total. The third-order valence-electron chi connectivity index (χ3n) is 3.75. The van der Waals surface area contributed by atoms with Crippen LogP contribution in [0.25, 0.3) is 11.4 Å². The number of hydrogen-bond acceptors (Lipinski definition) is 5. The van der Waals surface area contributed by atoms with Crippen molar-refractivity contribution in [2.45, 2.75) is 6.42 Å². The first-order valence-electron chi connectivity index (χ1n) is 7.40. The molecule has 0 amide bonds. The topological polar surface area (TPSA) is 60.1 Å². The second-order valence-corrected chi connectivity index (χ2v) is 5.52. The molecular weight excluding hydrogens is 264 g/mol. The molecule has 1 aromatic carbocycles. The molecule has 0 unspecified atom stereocenters. The molecule has 21 heavy (non-hydrogen) atoms. The lowest BCUT2D eigenvalue weighted by Gasteiger charge is -2.16. The van der Waals surface area contributed by atoms with Crippen LogP contribution in [0.2, 0.25) is 0 Å². The molecular formula is C15H22N6. The smallest absolute Gasteiger partial charge is 0.245 e. The van der Waals surface area contributed by atoms with E-state index in [0.29, 0.717) is 0 Å². The highest BCUT2D eigenvalue weighted by Crippen LogP contribution is 2.21. The Morgan fingerprint density at radius 2 is 1.90 bits per heavy atom. The molecule has 3 rings (SSSR count). The Morgan fingerprint density at radius 1 is 1.10 bits per heavy atom. The summed E-state index contributed by atoms with van der Waals surface area (Å²) in [5, 5.41) is 10.8. The van der Waals surface area contributed by atoms with Crippen molar-refractivity contribution >= 4 is 11.6 Å². The molecule has 6 heteroatoms. The summed E-state index contributed by atoms with van der Waals surface area (Å²) in [6.45, 7) is 4.02. The fourth-order valence-corrected chi connectivity index (χ4v) is 2.49. The van der Waals surface area contributed by atoms with Gasteiger partial charge in [0.15, 0.2) is 5.82 Å². The molecule has 112 valence electrons. The van der Waals surface area contributed by atoms with E-state index in [9.17, 15) is 0 Å². The van der Waals surface area contributed by atoms with Crippen LogP contribution in [0.4, 0.5) is 11.6 Å². The van der Waals surface area contributed by atoms with Gasteiger partial charge in [-0.25, -0.2) is 0 Å². The Labute approximate surface area is 125 Å². The van der Waals surface area contributed by atoms with Crippen LogP contribution in [0.1, 0.15) is 6.42 Å². The van der Waals surface area contributed by atoms with Gasteiger partial charge in [-0.05, 0) is 37.2 Å². The van der Waals surface area contributed by atoms with Gasteiger partial charge in [-0.2, -0.15) is 4.98 Å². The minimum atomic E-state index is 0.797. The predicted octanol–water partition coefficient (Wildman–Crippen LogP) is 1.34. The van der Waals surface area contributed by atoms with Gasteiger partial charge < -0.3 is 15.1 Å². The van der Waals surface area contributed by atoms with Crippen LogP contribution in [-0.4, -0.2) is 55.5 Å². The average molecular weight is 286 g/mol. The molecule has 0 radical (unpaired) electrons. The fourth-order valence-electron chi connectivity index (χ4n) is 2.49. The molecule has 2 heterocycles. The summed E-state index contributed by atoms with van der Waals surface area (Å²) in [6.07, 6.45) is 1.13. The SMILES string of the molecule is CN(C)c1ccc(-c2nc(N3CCCNCC3)n[nH]2)cc1. The normalized spacial score (nSPS) is 15.8. The standard InChI is InChI=1S/C15H22N6/c1-20(2)13-6-4-12(5-7-13)14-17-15(19-18-14)21-10-3-8-16-9-11-21/h4-7,16H,3,8-11H2,1-2H3,(H,17,18,19). The lowest BCUT2D eigenvalue weighted by atomic mass is 10.2. The Kier molecular flexibility index (Phi) is 4.06. The molecule has 0 aliphatic carbocycles. The van der Waals surface area contributed by atoms with Crippen LogP contribution in [0, 0.1) is 0 Å². The Bertz CT molecular complexity index is 566. The zero-order valence-corrected chi connectivity index (χ0v) is 12.6. The van der Waals surface area contributed by atoms with E-state index < -0.39 is 0 Å². The van der Waals surface area contributed by atoms with Gasteiger partial charge in [-0.3, -0.25) is 5.10 Å². The van der Waals surface area contributed by atoms with E-state index in [1.54, 1.807) is 0 Å². The number of nitrogens with zero attached hydrogens (tertiary/aromatic N) is 4. The van der Waals surface area contributed by atoms with Crippen LogP contribution in [0.15, 0.2) is 24.3 Å². The summed E-state index contributed by atoms with van der Waals surface area (Å²) in [5.41, 5.74) is 2.24. The molecule has 1 aromatic heterocycles. The second-order valence-electron chi connectivity index (χ2n) is 5.52. The van der Waals surface area contributed by atoms with Crippen LogP contribution in [0.5, 0.6) is 0 Å². The van der Waals surface area contributed by atoms with E-state index in [-0.39, 0.29) is 0 Å². The van der Waals surface area contributed by atoms with Crippen molar-refractivity contribution in [1.82, 2.24) is 20.5 Å². The van der Waals surface area contributed by atoms with Gasteiger partial charge >= 0.3 is 0 Å². The van der Waals surface area contributed by atoms with Crippen molar-refractivity contribution in [1.29, 1.82) is 0 Å². The molecule has 0 saturated carbocycles. The van der Waals surface area contributed by atoms with E-state index in [1.165, 1.54) is 5.69 Å². The summed E-state index contributed by atoms with van der Waals surface area (Å²) >= 11 is 0. The zero-order chi connectivity index (χ0) is 14.7. The summed E-state index contributed by atoms with van der Waals surface area (Å²) in [5.74, 6) is 1.62. The predicted molar refractivity (Wildman–Crippen MR) is 85.8 cm³/mol. The summed E-state index contributed by atoms with van der Waals surface area (Å²) in [4.78, 5) is 8.95. The van der Waals surface area contributed by atoms with Crippen molar-refractivity contribution in [2.75, 3.05) is 50.1 Å². The molecule has 1 aliphatic heterocycles. The first-order chi connectivity index (χ1) is 10.2. The second kappa shape index (κ2) is 6.13. The molecule has 6 nitrogen and oxygen atoms in total. The van der Waals surface area contributed by atoms with E-state index in [1.807, 2.05) is 14.1 Å². The number of anilines is 2. The highest BCUT2D eigenvalue weighted by atomic mass is 15.4. The molecule has 2 aromatic rings. The van der Waals surface area contributed by atoms with Crippen LogP contribution < -0.4 is 15.1 Å². The van der Waals surface area contributed by atoms with E-state index in [4.69, 9.17) is 0 Å². The van der Waals surface area contributed by atoms with E-state index >= 15 is 0 Å². The van der Waals surface area contributed by atoms with Gasteiger partial charge in [0.1, 0.15) is 0 Å². The van der Waals surface area contributed by atoms with Crippen molar-refractivity contribution in [2.24, 2.45) is 0 Å². The number of nitrogens with one attached hydrogen (secondary N) is 2. The first kappa shape index (κ1) is 13.9. The minimum Gasteiger partial charge on any atom is -0.378 e. The largest absolute Gasteiger partial charge is 0.378 e. The Hall–Kier alpha value is -2.08. The molecule has 1 fully saturated rings. The number of hydrogen-bond donors (Lipinski definition) is 2. The van der Waals surface area contributed by atoms with Crippen molar-refractivity contribution in [3.8, 4) is 11.4 Å². The number of rotatable bonds is 3. The van der Waals surface area contributed by atoms with Crippen LogP contribution in [0.3, 0.4) is 0 Å². The van der Waals surface area contributed by atoms with Gasteiger partial charge in [-0.15, -0.1) is 5.10 Å². The van der Waals surface area contributed by atoms with Crippen molar-refractivity contribution < 1.29 is 0 Å². The van der Waals surface area contributed by atoms with Crippen molar-refractivity contribution in [3.63, 3.8) is 0 Å². The van der Waals surface area contributed by atoms with Gasteiger partial charge in [0.05, 0.1) is 0 Å². The fraction of sp³-hybridized carbons (Fsp3) is 0.467. The highest BCUT2D eigenvalue weighted by Gasteiger charge is 2.14. The monoisotopic (exact) mass is 286 g/mol. The van der Waals surface area contributed by atoms with Crippen LogP contribution >= 0.6 is 0 Å². The lowest BCUT2D eigenvalue weighted by Crippen LogP contribution is -2.28. The Morgan fingerprint density at radius 3 is 2.67 bits per heavy atom. The molecule has 0 bridgehead atoms. The highest BCUT2D eigenvalue weighted by molar-refractivity contribution is 5.61. The van der Waals surface area contributed by atoms with Gasteiger partial charge in [0.2, 0.25) is 5.95 Å². The van der Waals surface area contributed by atoms with Gasteiger partial charge in [0, 0.05) is 45.0 Å². The Balaban J connectivity index is 1.77.